The van der Waals surface area contributed by atoms with Gasteiger partial charge in [0.25, 0.3) is 0 Å². The predicted octanol–water partition coefficient (Wildman–Crippen LogP) is 13.0. The van der Waals surface area contributed by atoms with Gasteiger partial charge in [0, 0.05) is 6.42 Å². The predicted molar refractivity (Wildman–Crippen MR) is 177 cm³/mol. The second kappa shape index (κ2) is 30.9. The monoisotopic (exact) mass is 559 g/mol. The summed E-state index contributed by atoms with van der Waals surface area (Å²) in [4.78, 5) is 12.1. The van der Waals surface area contributed by atoms with E-state index in [0.717, 1.165) is 6.42 Å². The number of carbonyl (C=O) groups excluding carboxylic acids is 1. The van der Waals surface area contributed by atoms with E-state index in [1.165, 1.54) is 180 Å². The van der Waals surface area contributed by atoms with Crippen LogP contribution in [-0.4, -0.2) is 12.6 Å². The van der Waals surface area contributed by atoms with E-state index >= 15 is 0 Å². The van der Waals surface area contributed by atoms with Crippen LogP contribution in [0.15, 0.2) is 24.3 Å². The Kier molecular flexibility index (Phi) is 28.6. The van der Waals surface area contributed by atoms with E-state index in [0.29, 0.717) is 18.9 Å². The van der Waals surface area contributed by atoms with Gasteiger partial charge in [-0.15, -0.1) is 0 Å². The lowest BCUT2D eigenvalue weighted by atomic mass is 10.0. The summed E-state index contributed by atoms with van der Waals surface area (Å²) in [6, 6.07) is 0. The number of cyclic esters (lactones) is 1. The standard InChI is InChI=1S/C38H70O2/c1-37-34-32-30-28-26-24-22-20-18-16-14-12-10-8-6-4-2-3-5-7-9-11-13-15-17-19-21-23-25-27-29-31-33-35-38(39)40-36-37/h2,4,22,24,37H,3,5-21,23,25-36H2,1H3/b4-2-,24-22-. The minimum Gasteiger partial charge on any atom is -0.465 e. The average molecular weight is 559 g/mol. The Morgan fingerprint density at radius 2 is 0.750 bits per heavy atom. The maximum Gasteiger partial charge on any atom is 0.305 e. The number of rotatable bonds is 0. The molecule has 1 unspecified atom stereocenters. The third-order valence-electron chi connectivity index (χ3n) is 8.67. The quantitative estimate of drug-likeness (QED) is 0.218. The van der Waals surface area contributed by atoms with E-state index in [-0.39, 0.29) is 5.97 Å². The zero-order chi connectivity index (χ0) is 28.6. The first-order valence-electron chi connectivity index (χ1n) is 18.2. The van der Waals surface area contributed by atoms with Crippen LogP contribution in [0.5, 0.6) is 0 Å². The van der Waals surface area contributed by atoms with E-state index in [9.17, 15) is 4.79 Å². The molecule has 0 aromatic carbocycles. The lowest BCUT2D eigenvalue weighted by molar-refractivity contribution is -0.145. The molecule has 0 fully saturated rings. The third kappa shape index (κ3) is 28.5. The highest BCUT2D eigenvalue weighted by molar-refractivity contribution is 5.69. The van der Waals surface area contributed by atoms with Gasteiger partial charge in [-0.2, -0.15) is 0 Å². The van der Waals surface area contributed by atoms with Crippen molar-refractivity contribution in [3.63, 3.8) is 0 Å². The van der Waals surface area contributed by atoms with Crippen molar-refractivity contribution < 1.29 is 9.53 Å². The molecule has 0 spiro atoms. The first-order chi connectivity index (χ1) is 19.8. The lowest BCUT2D eigenvalue weighted by Gasteiger charge is -2.12. The summed E-state index contributed by atoms with van der Waals surface area (Å²) in [5.41, 5.74) is 0. The highest BCUT2D eigenvalue weighted by atomic mass is 16.5. The van der Waals surface area contributed by atoms with Gasteiger partial charge in [0.15, 0.2) is 0 Å². The minimum absolute atomic E-state index is 0.0170. The summed E-state index contributed by atoms with van der Waals surface area (Å²) >= 11 is 0. The molecule has 0 bridgehead atoms. The van der Waals surface area contributed by atoms with Crippen molar-refractivity contribution in [3.05, 3.63) is 24.3 Å². The van der Waals surface area contributed by atoms with Crippen LogP contribution in [0.25, 0.3) is 0 Å². The van der Waals surface area contributed by atoms with E-state index < -0.39 is 0 Å². The van der Waals surface area contributed by atoms with Gasteiger partial charge < -0.3 is 4.74 Å². The Balaban J connectivity index is 2.15. The molecule has 0 aliphatic carbocycles. The number of esters is 1. The second-order valence-electron chi connectivity index (χ2n) is 12.9. The highest BCUT2D eigenvalue weighted by Crippen LogP contribution is 2.16. The number of carbonyl (C=O) groups is 1. The zero-order valence-electron chi connectivity index (χ0n) is 27.1. The normalized spacial score (nSPS) is 25.9. The Morgan fingerprint density at radius 1 is 0.450 bits per heavy atom. The molecule has 0 aromatic heterocycles. The summed E-state index contributed by atoms with van der Waals surface area (Å²) in [7, 11) is 0. The molecule has 0 aromatic rings. The van der Waals surface area contributed by atoms with Crippen LogP contribution in [0.2, 0.25) is 0 Å². The van der Waals surface area contributed by atoms with Crippen LogP contribution in [0.4, 0.5) is 0 Å². The van der Waals surface area contributed by atoms with Gasteiger partial charge in [0.2, 0.25) is 0 Å². The number of allylic oxidation sites excluding steroid dienone is 4. The fourth-order valence-electron chi connectivity index (χ4n) is 5.85. The molecule has 40 heavy (non-hydrogen) atoms. The topological polar surface area (TPSA) is 26.3 Å². The summed E-state index contributed by atoms with van der Waals surface area (Å²) in [6.07, 6.45) is 49.0. The number of ether oxygens (including phenoxy) is 1. The van der Waals surface area contributed by atoms with Crippen LogP contribution in [0.1, 0.15) is 200 Å². The molecule has 1 heterocycles. The van der Waals surface area contributed by atoms with Crippen LogP contribution >= 0.6 is 0 Å². The van der Waals surface area contributed by atoms with Gasteiger partial charge in [0.1, 0.15) is 0 Å². The average Bonchev–Trinajstić information content (AvgIpc) is 2.95. The maximum atomic E-state index is 12.1. The van der Waals surface area contributed by atoms with Crippen molar-refractivity contribution in [2.75, 3.05) is 6.61 Å². The fourth-order valence-corrected chi connectivity index (χ4v) is 5.85. The van der Waals surface area contributed by atoms with E-state index in [1.807, 2.05) is 0 Å². The molecular weight excluding hydrogens is 488 g/mol. The van der Waals surface area contributed by atoms with Gasteiger partial charge in [0.05, 0.1) is 6.61 Å². The Labute approximate surface area is 251 Å². The molecule has 234 valence electrons. The first-order valence-corrected chi connectivity index (χ1v) is 18.2. The third-order valence-corrected chi connectivity index (χ3v) is 8.67. The smallest absolute Gasteiger partial charge is 0.305 e. The molecular formula is C38H70O2. The van der Waals surface area contributed by atoms with Crippen LogP contribution in [-0.2, 0) is 9.53 Å². The number of hydrogen-bond acceptors (Lipinski definition) is 2. The zero-order valence-corrected chi connectivity index (χ0v) is 27.1. The van der Waals surface area contributed by atoms with E-state index in [1.54, 1.807) is 0 Å². The summed E-state index contributed by atoms with van der Waals surface area (Å²) < 4.78 is 5.55. The molecule has 1 aliphatic rings. The van der Waals surface area contributed by atoms with Crippen LogP contribution in [0, 0.1) is 5.92 Å². The Hall–Kier alpha value is -1.05. The SMILES string of the molecule is CC1CCCCC/C=C\CCCCCCCC/C=C\CCCCCCCCCCCCCCCCCC(=O)OC1. The minimum atomic E-state index is 0.0170. The van der Waals surface area contributed by atoms with Crippen molar-refractivity contribution in [3.8, 4) is 0 Å². The maximum absolute atomic E-state index is 12.1. The molecule has 2 heteroatoms. The molecule has 0 saturated carbocycles. The number of hydrogen-bond donors (Lipinski definition) is 0. The van der Waals surface area contributed by atoms with Gasteiger partial charge in [-0.25, -0.2) is 0 Å². The van der Waals surface area contributed by atoms with Crippen LogP contribution in [0.3, 0.4) is 0 Å². The summed E-state index contributed by atoms with van der Waals surface area (Å²) in [6.45, 7) is 2.83. The van der Waals surface area contributed by atoms with Crippen molar-refractivity contribution >= 4 is 5.97 Å². The lowest BCUT2D eigenvalue weighted by Crippen LogP contribution is -2.11. The van der Waals surface area contributed by atoms with Crippen molar-refractivity contribution in [1.29, 1.82) is 0 Å². The van der Waals surface area contributed by atoms with Crippen molar-refractivity contribution in [2.45, 2.75) is 200 Å². The first kappa shape index (κ1) is 37.0. The molecule has 0 N–H and O–H groups in total. The van der Waals surface area contributed by atoms with Gasteiger partial charge in [-0.05, 0) is 70.1 Å². The summed E-state index contributed by atoms with van der Waals surface area (Å²) in [5.74, 6) is 0.505. The fraction of sp³-hybridized carbons (Fsp3) is 0.868. The molecule has 0 saturated heterocycles. The van der Waals surface area contributed by atoms with E-state index in [4.69, 9.17) is 4.74 Å². The van der Waals surface area contributed by atoms with Crippen molar-refractivity contribution in [2.24, 2.45) is 5.92 Å². The molecule has 0 radical (unpaired) electrons. The molecule has 1 atom stereocenters. The van der Waals surface area contributed by atoms with Gasteiger partial charge in [-0.3, -0.25) is 4.79 Å². The largest absolute Gasteiger partial charge is 0.465 e. The summed E-state index contributed by atoms with van der Waals surface area (Å²) in [5, 5.41) is 0. The second-order valence-corrected chi connectivity index (χ2v) is 12.9. The van der Waals surface area contributed by atoms with E-state index in [2.05, 4.69) is 31.2 Å². The molecule has 2 nitrogen and oxygen atoms in total. The van der Waals surface area contributed by atoms with Gasteiger partial charge in [-0.1, -0.05) is 153 Å². The van der Waals surface area contributed by atoms with Gasteiger partial charge >= 0.3 is 5.97 Å². The van der Waals surface area contributed by atoms with Crippen LogP contribution < -0.4 is 0 Å². The Morgan fingerprint density at radius 3 is 1.12 bits per heavy atom. The van der Waals surface area contributed by atoms with Crippen molar-refractivity contribution in [1.82, 2.24) is 0 Å². The molecule has 1 aliphatic heterocycles. The Bertz CT molecular complexity index is 578. The highest BCUT2D eigenvalue weighted by Gasteiger charge is 2.07. The molecule has 0 amide bonds. The molecule has 1 rings (SSSR count).